The Hall–Kier alpha value is -1.63. The number of carbonyl (C=O) groups excluding carboxylic acids is 1. The summed E-state index contributed by atoms with van der Waals surface area (Å²) in [5.41, 5.74) is 0. The van der Waals surface area contributed by atoms with E-state index in [4.69, 9.17) is 9.47 Å². The minimum absolute atomic E-state index is 0.304. The van der Waals surface area contributed by atoms with Crippen LogP contribution in [0.25, 0.3) is 0 Å². The van der Waals surface area contributed by atoms with Gasteiger partial charge in [0, 0.05) is 0 Å². The summed E-state index contributed by atoms with van der Waals surface area (Å²) in [6.45, 7) is 3.57. The molecule has 0 radical (unpaired) electrons. The van der Waals surface area contributed by atoms with Gasteiger partial charge >= 0.3 is 0 Å². The van der Waals surface area contributed by atoms with Crippen molar-refractivity contribution in [3.05, 3.63) is 36.5 Å². The lowest BCUT2D eigenvalue weighted by Crippen LogP contribution is -2.60. The van der Waals surface area contributed by atoms with Crippen LogP contribution < -0.4 is 5.32 Å². The zero-order valence-corrected chi connectivity index (χ0v) is 36.2. The first-order valence-electron chi connectivity index (χ1n) is 23.3. The zero-order chi connectivity index (χ0) is 41.8. The van der Waals surface area contributed by atoms with E-state index in [1.165, 1.54) is 122 Å². The molecule has 1 saturated heterocycles. The van der Waals surface area contributed by atoms with E-state index in [-0.39, 0.29) is 6.61 Å². The number of aliphatic hydroxyl groups is 6. The number of allylic oxidation sites excluding steroid dienone is 5. The molecule has 334 valence electrons. The van der Waals surface area contributed by atoms with Crippen molar-refractivity contribution in [1.29, 1.82) is 0 Å². The van der Waals surface area contributed by atoms with Crippen molar-refractivity contribution in [2.24, 2.45) is 0 Å². The molecule has 1 heterocycles. The van der Waals surface area contributed by atoms with E-state index in [0.29, 0.717) is 12.8 Å². The predicted molar refractivity (Wildman–Crippen MR) is 232 cm³/mol. The van der Waals surface area contributed by atoms with Gasteiger partial charge in [0.2, 0.25) is 5.91 Å². The molecule has 0 bridgehead atoms. The highest BCUT2D eigenvalue weighted by molar-refractivity contribution is 5.80. The molecule has 8 atom stereocenters. The maximum atomic E-state index is 13.0. The number of aliphatic hydroxyl groups excluding tert-OH is 6. The maximum absolute atomic E-state index is 13.0. The summed E-state index contributed by atoms with van der Waals surface area (Å²) < 4.78 is 11.1. The number of hydrogen-bond donors (Lipinski definition) is 7. The number of nitrogens with one attached hydrogen (secondary N) is 1. The first-order chi connectivity index (χ1) is 27.8. The standard InChI is InChI=1S/C47H87NO9/c1-3-5-7-9-11-13-15-17-19-20-21-22-24-26-28-30-32-34-36-41(51)46(55)48-39(38-56-47-45(54)44(53)43(52)42(37-49)57-47)40(50)35-33-31-29-27-25-23-18-16-14-12-10-8-6-4-2/h11,13,15,17,33,35,39-45,47,49-54H,3-10,12,14,16,18-32,34,36-38H2,1-2H3,(H,48,55)/b13-11-,17-15-,35-33+. The topological polar surface area (TPSA) is 169 Å². The molecule has 1 aliphatic heterocycles. The van der Waals surface area contributed by atoms with Crippen LogP contribution in [0.15, 0.2) is 36.5 Å². The molecule has 0 aromatic heterocycles. The highest BCUT2D eigenvalue weighted by Gasteiger charge is 2.44. The summed E-state index contributed by atoms with van der Waals surface area (Å²) in [5, 5.41) is 64.7. The zero-order valence-electron chi connectivity index (χ0n) is 36.2. The van der Waals surface area contributed by atoms with Gasteiger partial charge in [0.25, 0.3) is 0 Å². The minimum atomic E-state index is -1.61. The lowest BCUT2D eigenvalue weighted by atomic mass is 9.99. The summed E-state index contributed by atoms with van der Waals surface area (Å²) in [4.78, 5) is 13.0. The normalized spacial score (nSPS) is 21.9. The van der Waals surface area contributed by atoms with Crippen LogP contribution in [0.2, 0.25) is 0 Å². The highest BCUT2D eigenvalue weighted by Crippen LogP contribution is 2.23. The van der Waals surface area contributed by atoms with Crippen molar-refractivity contribution < 1.29 is 44.9 Å². The van der Waals surface area contributed by atoms with Crippen LogP contribution in [0, 0.1) is 0 Å². The molecule has 1 rings (SSSR count). The number of amides is 1. The van der Waals surface area contributed by atoms with Crippen LogP contribution in [0.4, 0.5) is 0 Å². The lowest BCUT2D eigenvalue weighted by Gasteiger charge is -2.40. The summed E-state index contributed by atoms with van der Waals surface area (Å²) in [5.74, 6) is -0.622. The molecule has 10 heteroatoms. The van der Waals surface area contributed by atoms with Gasteiger partial charge in [-0.2, -0.15) is 0 Å². The molecule has 1 amide bonds. The van der Waals surface area contributed by atoms with Crippen molar-refractivity contribution in [3.8, 4) is 0 Å². The number of rotatable bonds is 38. The Balaban J connectivity index is 2.41. The molecule has 0 aliphatic carbocycles. The van der Waals surface area contributed by atoms with E-state index >= 15 is 0 Å². The molecule has 1 fully saturated rings. The van der Waals surface area contributed by atoms with Gasteiger partial charge in [0.1, 0.15) is 30.5 Å². The third-order valence-corrected chi connectivity index (χ3v) is 11.1. The van der Waals surface area contributed by atoms with Crippen molar-refractivity contribution >= 4 is 5.91 Å². The quantitative estimate of drug-likeness (QED) is 0.0183. The number of unbranched alkanes of at least 4 members (excludes halogenated alkanes) is 24. The fourth-order valence-corrected chi connectivity index (χ4v) is 7.21. The molecule has 57 heavy (non-hydrogen) atoms. The van der Waals surface area contributed by atoms with Gasteiger partial charge in [-0.15, -0.1) is 0 Å². The molecule has 0 saturated carbocycles. The molecular weight excluding hydrogens is 723 g/mol. The molecular formula is C47H87NO9. The van der Waals surface area contributed by atoms with Gasteiger partial charge in [-0.05, 0) is 44.9 Å². The molecule has 0 aromatic carbocycles. The van der Waals surface area contributed by atoms with Crippen molar-refractivity contribution in [2.45, 2.75) is 243 Å². The third kappa shape index (κ3) is 27.7. The average Bonchev–Trinajstić information content (AvgIpc) is 3.21. The molecule has 8 unspecified atom stereocenters. The van der Waals surface area contributed by atoms with Gasteiger partial charge in [0.05, 0.1) is 25.4 Å². The molecule has 0 spiro atoms. The van der Waals surface area contributed by atoms with E-state index in [0.717, 1.165) is 44.9 Å². The van der Waals surface area contributed by atoms with Crippen LogP contribution in [-0.4, -0.2) is 98.7 Å². The van der Waals surface area contributed by atoms with E-state index in [2.05, 4.69) is 43.5 Å². The van der Waals surface area contributed by atoms with Gasteiger partial charge in [-0.1, -0.05) is 185 Å². The monoisotopic (exact) mass is 810 g/mol. The first kappa shape index (κ1) is 53.4. The van der Waals surface area contributed by atoms with E-state index in [9.17, 15) is 35.4 Å². The van der Waals surface area contributed by atoms with Crippen molar-refractivity contribution in [1.82, 2.24) is 5.32 Å². The second-order valence-corrected chi connectivity index (χ2v) is 16.4. The summed E-state index contributed by atoms with van der Waals surface area (Å²) in [7, 11) is 0. The predicted octanol–water partition coefficient (Wildman–Crippen LogP) is 8.64. The van der Waals surface area contributed by atoms with E-state index in [1.54, 1.807) is 6.08 Å². The Bertz CT molecular complexity index is 1010. The van der Waals surface area contributed by atoms with Gasteiger partial charge in [-0.3, -0.25) is 4.79 Å². The molecule has 1 aliphatic rings. The lowest BCUT2D eigenvalue weighted by molar-refractivity contribution is -0.302. The Morgan fingerprint density at radius 3 is 1.56 bits per heavy atom. The molecule has 7 N–H and O–H groups in total. The Labute approximate surface area is 347 Å². The summed E-state index contributed by atoms with van der Waals surface area (Å²) >= 11 is 0. The van der Waals surface area contributed by atoms with Crippen LogP contribution in [-0.2, 0) is 14.3 Å². The Kier molecular flexibility index (Phi) is 35.0. The van der Waals surface area contributed by atoms with Crippen LogP contribution >= 0.6 is 0 Å². The van der Waals surface area contributed by atoms with Crippen LogP contribution in [0.1, 0.15) is 194 Å². The second-order valence-electron chi connectivity index (χ2n) is 16.4. The highest BCUT2D eigenvalue weighted by atomic mass is 16.7. The van der Waals surface area contributed by atoms with Crippen LogP contribution in [0.3, 0.4) is 0 Å². The number of ether oxygens (including phenoxy) is 2. The van der Waals surface area contributed by atoms with E-state index in [1.807, 2.05) is 6.08 Å². The Morgan fingerprint density at radius 1 is 0.614 bits per heavy atom. The first-order valence-corrected chi connectivity index (χ1v) is 23.3. The van der Waals surface area contributed by atoms with E-state index < -0.39 is 61.5 Å². The SMILES string of the molecule is CCCCC/C=C\C=C/CCCCCCCCCCCC(O)C(=O)NC(COC1OC(CO)C(O)C(O)C1O)C(O)/C=C/CCCCCCCCCCCCCC. The number of carbonyl (C=O) groups is 1. The third-order valence-electron chi connectivity index (χ3n) is 11.1. The fourth-order valence-electron chi connectivity index (χ4n) is 7.21. The molecule has 0 aromatic rings. The van der Waals surface area contributed by atoms with Crippen LogP contribution in [0.5, 0.6) is 0 Å². The van der Waals surface area contributed by atoms with Gasteiger partial charge in [-0.25, -0.2) is 0 Å². The largest absolute Gasteiger partial charge is 0.394 e. The Morgan fingerprint density at radius 2 is 1.05 bits per heavy atom. The second kappa shape index (κ2) is 37.4. The van der Waals surface area contributed by atoms with Crippen molar-refractivity contribution in [3.63, 3.8) is 0 Å². The average molecular weight is 810 g/mol. The van der Waals surface area contributed by atoms with Gasteiger partial charge < -0.3 is 45.4 Å². The molecule has 10 nitrogen and oxygen atoms in total. The summed E-state index contributed by atoms with van der Waals surface area (Å²) in [6, 6.07) is -0.981. The van der Waals surface area contributed by atoms with Gasteiger partial charge in [0.15, 0.2) is 6.29 Å². The maximum Gasteiger partial charge on any atom is 0.249 e. The minimum Gasteiger partial charge on any atom is -0.394 e. The van der Waals surface area contributed by atoms with Crippen molar-refractivity contribution in [2.75, 3.05) is 13.2 Å². The summed E-state index contributed by atoms with van der Waals surface area (Å²) in [6.07, 6.45) is 35.0. The smallest absolute Gasteiger partial charge is 0.249 e. The number of hydrogen-bond acceptors (Lipinski definition) is 9. The fraction of sp³-hybridized carbons (Fsp3) is 0.851.